The molecule has 0 aromatic carbocycles. The first-order valence-electron chi connectivity index (χ1n) is 10.9. The summed E-state index contributed by atoms with van der Waals surface area (Å²) in [5.41, 5.74) is 1.04. The number of guanidine groups is 1. The van der Waals surface area contributed by atoms with Gasteiger partial charge >= 0.3 is 0 Å². The number of nitrogens with one attached hydrogen (secondary N) is 1. The Bertz CT molecular complexity index is 630. The van der Waals surface area contributed by atoms with Crippen LogP contribution in [0.15, 0.2) is 17.4 Å². The fraction of sp³-hybridized carbons (Fsp3) is 0.810. The van der Waals surface area contributed by atoms with Crippen molar-refractivity contribution in [3.63, 3.8) is 0 Å². The molecule has 166 valence electrons. The van der Waals surface area contributed by atoms with Gasteiger partial charge in [0.05, 0.1) is 31.5 Å². The van der Waals surface area contributed by atoms with Gasteiger partial charge in [-0.05, 0) is 26.2 Å². The maximum Gasteiger partial charge on any atom is 0.194 e. The van der Waals surface area contributed by atoms with Gasteiger partial charge in [-0.3, -0.25) is 9.67 Å². The van der Waals surface area contributed by atoms with E-state index in [0.29, 0.717) is 6.61 Å². The number of morpholine rings is 1. The van der Waals surface area contributed by atoms with Crippen molar-refractivity contribution in [1.29, 1.82) is 0 Å². The fourth-order valence-electron chi connectivity index (χ4n) is 4.16. The Kier molecular flexibility index (Phi) is 10.2. The van der Waals surface area contributed by atoms with Crippen molar-refractivity contribution in [2.75, 3.05) is 39.4 Å². The van der Waals surface area contributed by atoms with Crippen LogP contribution in [0, 0.1) is 0 Å². The van der Waals surface area contributed by atoms with Crippen molar-refractivity contribution in [2.24, 2.45) is 12.0 Å². The van der Waals surface area contributed by atoms with E-state index in [2.05, 4.69) is 29.2 Å². The third-order valence-electron chi connectivity index (χ3n) is 5.69. The number of hydrogen-bond donors (Lipinski definition) is 1. The van der Waals surface area contributed by atoms with Crippen molar-refractivity contribution in [3.05, 3.63) is 18.0 Å². The molecule has 0 bridgehead atoms. The second-order valence-corrected chi connectivity index (χ2v) is 8.02. The molecule has 1 atom stereocenters. The molecule has 1 N–H and O–H groups in total. The molecule has 1 unspecified atom stereocenters. The Morgan fingerprint density at radius 1 is 1.34 bits per heavy atom. The lowest BCUT2D eigenvalue weighted by molar-refractivity contribution is -0.0627. The van der Waals surface area contributed by atoms with Gasteiger partial charge in [0.2, 0.25) is 0 Å². The summed E-state index contributed by atoms with van der Waals surface area (Å²) < 4.78 is 14.2. The lowest BCUT2D eigenvalue weighted by atomic mass is 9.84. The SMILES string of the molecule is CCCOC1(CN=C(NCC)N2CCOC(c3cnn(C)c3)C2)CCCCC1.I. The summed E-state index contributed by atoms with van der Waals surface area (Å²) in [6.07, 6.45) is 11.1. The topological polar surface area (TPSA) is 63.9 Å². The van der Waals surface area contributed by atoms with Crippen LogP contribution < -0.4 is 5.32 Å². The summed E-state index contributed by atoms with van der Waals surface area (Å²) >= 11 is 0. The zero-order valence-electron chi connectivity index (χ0n) is 18.2. The first-order valence-corrected chi connectivity index (χ1v) is 10.9. The molecule has 0 spiro atoms. The Balaban J connectivity index is 0.00000300. The highest BCUT2D eigenvalue weighted by atomic mass is 127. The fourth-order valence-corrected chi connectivity index (χ4v) is 4.16. The Labute approximate surface area is 192 Å². The van der Waals surface area contributed by atoms with Crippen LogP contribution in [-0.2, 0) is 16.5 Å². The zero-order valence-corrected chi connectivity index (χ0v) is 20.6. The van der Waals surface area contributed by atoms with E-state index in [4.69, 9.17) is 14.5 Å². The van der Waals surface area contributed by atoms with Gasteiger partial charge in [-0.15, -0.1) is 24.0 Å². The highest BCUT2D eigenvalue weighted by molar-refractivity contribution is 14.0. The number of aryl methyl sites for hydroxylation is 1. The number of hydrogen-bond acceptors (Lipinski definition) is 4. The molecule has 3 rings (SSSR count). The predicted octanol–water partition coefficient (Wildman–Crippen LogP) is 3.51. The lowest BCUT2D eigenvalue weighted by Gasteiger charge is -2.38. The summed E-state index contributed by atoms with van der Waals surface area (Å²) in [6, 6.07) is 0. The van der Waals surface area contributed by atoms with Crippen LogP contribution in [0.4, 0.5) is 0 Å². The molecule has 1 aromatic rings. The largest absolute Gasteiger partial charge is 0.373 e. The number of halogens is 1. The van der Waals surface area contributed by atoms with Crippen LogP contribution in [0.2, 0.25) is 0 Å². The minimum atomic E-state index is -0.0794. The molecule has 1 saturated heterocycles. The minimum absolute atomic E-state index is 0. The van der Waals surface area contributed by atoms with Crippen LogP contribution in [0.25, 0.3) is 0 Å². The van der Waals surface area contributed by atoms with Crippen LogP contribution in [-0.4, -0.2) is 65.6 Å². The summed E-state index contributed by atoms with van der Waals surface area (Å²) in [5, 5.41) is 7.78. The van der Waals surface area contributed by atoms with Crippen LogP contribution in [0.3, 0.4) is 0 Å². The molecule has 1 aliphatic carbocycles. The van der Waals surface area contributed by atoms with E-state index >= 15 is 0 Å². The van der Waals surface area contributed by atoms with Gasteiger partial charge in [-0.25, -0.2) is 0 Å². The second kappa shape index (κ2) is 12.1. The maximum absolute atomic E-state index is 6.34. The van der Waals surface area contributed by atoms with Gasteiger partial charge in [0.15, 0.2) is 5.96 Å². The van der Waals surface area contributed by atoms with Crippen LogP contribution in [0.1, 0.15) is 64.0 Å². The molecular weight excluding hydrogens is 481 g/mol. The molecule has 2 fully saturated rings. The number of rotatable bonds is 7. The van der Waals surface area contributed by atoms with E-state index in [9.17, 15) is 0 Å². The zero-order chi connectivity index (χ0) is 19.8. The van der Waals surface area contributed by atoms with Crippen LogP contribution in [0.5, 0.6) is 0 Å². The highest BCUT2D eigenvalue weighted by Crippen LogP contribution is 2.32. The number of aromatic nitrogens is 2. The number of nitrogens with zero attached hydrogens (tertiary/aromatic N) is 4. The van der Waals surface area contributed by atoms with Gasteiger partial charge in [-0.2, -0.15) is 5.10 Å². The van der Waals surface area contributed by atoms with Crippen molar-refractivity contribution >= 4 is 29.9 Å². The summed E-state index contributed by atoms with van der Waals surface area (Å²) in [7, 11) is 1.94. The van der Waals surface area contributed by atoms with Crippen LogP contribution >= 0.6 is 24.0 Å². The summed E-state index contributed by atoms with van der Waals surface area (Å²) in [5.74, 6) is 0.977. The molecule has 8 heteroatoms. The normalized spacial score (nSPS) is 22.2. The van der Waals surface area contributed by atoms with E-state index in [1.165, 1.54) is 19.3 Å². The number of ether oxygens (including phenoxy) is 2. The average molecular weight is 519 g/mol. The summed E-state index contributed by atoms with van der Waals surface area (Å²) in [4.78, 5) is 7.37. The minimum Gasteiger partial charge on any atom is -0.373 e. The van der Waals surface area contributed by atoms with E-state index in [0.717, 1.165) is 63.6 Å². The summed E-state index contributed by atoms with van der Waals surface area (Å²) in [6.45, 7) is 9.06. The third-order valence-corrected chi connectivity index (χ3v) is 5.69. The molecule has 2 heterocycles. The van der Waals surface area contributed by atoms with Gasteiger partial charge < -0.3 is 19.7 Å². The Hall–Kier alpha value is -0.870. The molecule has 1 aliphatic heterocycles. The van der Waals surface area contributed by atoms with Crippen molar-refractivity contribution in [2.45, 2.75) is 64.1 Å². The van der Waals surface area contributed by atoms with Gasteiger partial charge in [0.1, 0.15) is 6.10 Å². The Morgan fingerprint density at radius 2 is 2.14 bits per heavy atom. The molecule has 0 radical (unpaired) electrons. The molecule has 0 amide bonds. The van der Waals surface area contributed by atoms with E-state index < -0.39 is 0 Å². The smallest absolute Gasteiger partial charge is 0.194 e. The maximum atomic E-state index is 6.34. The highest BCUT2D eigenvalue weighted by Gasteiger charge is 2.33. The quantitative estimate of drug-likeness (QED) is 0.340. The van der Waals surface area contributed by atoms with Crippen molar-refractivity contribution in [1.82, 2.24) is 20.0 Å². The average Bonchev–Trinajstić information content (AvgIpc) is 3.17. The van der Waals surface area contributed by atoms with Crippen molar-refractivity contribution < 1.29 is 9.47 Å². The van der Waals surface area contributed by atoms with E-state index in [1.54, 1.807) is 0 Å². The first kappa shape index (κ1) is 24.4. The molecular formula is C21H38IN5O2. The van der Waals surface area contributed by atoms with E-state index in [1.807, 2.05) is 24.1 Å². The van der Waals surface area contributed by atoms with E-state index in [-0.39, 0.29) is 35.7 Å². The standard InChI is InChI=1S/C21H37N5O2.HI/c1-4-12-28-21(9-7-6-8-10-21)17-23-20(22-5-2)26-11-13-27-19(16-26)18-14-24-25(3)15-18;/h14-15,19H,4-13,16-17H2,1-3H3,(H,22,23);1H. The molecule has 2 aliphatic rings. The van der Waals surface area contributed by atoms with Gasteiger partial charge in [-0.1, -0.05) is 26.2 Å². The van der Waals surface area contributed by atoms with Gasteiger partial charge in [0.25, 0.3) is 0 Å². The van der Waals surface area contributed by atoms with Crippen molar-refractivity contribution in [3.8, 4) is 0 Å². The molecule has 29 heavy (non-hydrogen) atoms. The Morgan fingerprint density at radius 3 is 2.79 bits per heavy atom. The first-order chi connectivity index (χ1) is 13.7. The second-order valence-electron chi connectivity index (χ2n) is 8.02. The lowest BCUT2D eigenvalue weighted by Crippen LogP contribution is -2.49. The predicted molar refractivity (Wildman–Crippen MR) is 127 cm³/mol. The third kappa shape index (κ3) is 6.82. The molecule has 1 saturated carbocycles. The van der Waals surface area contributed by atoms with Gasteiger partial charge in [0, 0.05) is 38.5 Å². The molecule has 7 nitrogen and oxygen atoms in total. The number of aliphatic imine (C=N–C) groups is 1. The molecule has 1 aromatic heterocycles. The monoisotopic (exact) mass is 519 g/mol.